The van der Waals surface area contributed by atoms with Crippen molar-refractivity contribution in [2.75, 3.05) is 0 Å². The van der Waals surface area contributed by atoms with Crippen molar-refractivity contribution < 1.29 is 13.2 Å². The van der Waals surface area contributed by atoms with Crippen LogP contribution >= 0.6 is 10.7 Å². The van der Waals surface area contributed by atoms with Crippen LogP contribution in [0.5, 0.6) is 5.75 Å². The number of ether oxygens (including phenoxy) is 1. The van der Waals surface area contributed by atoms with Crippen LogP contribution < -0.4 is 4.74 Å². The highest BCUT2D eigenvalue weighted by atomic mass is 35.7. The monoisotopic (exact) mass is 290 g/mol. The first-order valence-corrected chi connectivity index (χ1v) is 8.29. The number of hydrogen-bond acceptors (Lipinski definition) is 3. The van der Waals surface area contributed by atoms with Crippen LogP contribution in [-0.2, 0) is 9.05 Å². The van der Waals surface area contributed by atoms with E-state index in [1.54, 1.807) is 13.0 Å². The number of rotatable bonds is 5. The van der Waals surface area contributed by atoms with Crippen molar-refractivity contribution >= 4 is 19.7 Å². The van der Waals surface area contributed by atoms with Gasteiger partial charge in [-0.05, 0) is 50.5 Å². The summed E-state index contributed by atoms with van der Waals surface area (Å²) in [5.74, 6) is 0.720. The van der Waals surface area contributed by atoms with Gasteiger partial charge in [0, 0.05) is 10.7 Å². The molecule has 0 amide bonds. The fourth-order valence-corrected chi connectivity index (χ4v) is 3.10. The highest BCUT2D eigenvalue weighted by molar-refractivity contribution is 8.13. The lowest BCUT2D eigenvalue weighted by atomic mass is 10.1. The van der Waals surface area contributed by atoms with Crippen LogP contribution in [0.1, 0.15) is 37.8 Å². The quantitative estimate of drug-likeness (QED) is 0.775. The molecule has 5 heteroatoms. The smallest absolute Gasteiger partial charge is 0.261 e. The Balaban J connectivity index is 3.09. The van der Waals surface area contributed by atoms with Gasteiger partial charge in [0.25, 0.3) is 9.05 Å². The number of halogens is 1. The van der Waals surface area contributed by atoms with E-state index in [1.165, 1.54) is 6.07 Å². The molecule has 1 aromatic carbocycles. The van der Waals surface area contributed by atoms with Gasteiger partial charge in [-0.15, -0.1) is 0 Å². The first-order chi connectivity index (χ1) is 8.27. The zero-order valence-corrected chi connectivity index (χ0v) is 12.7. The molecule has 0 aliphatic carbocycles. The predicted molar refractivity (Wildman–Crippen MR) is 74.0 cm³/mol. The summed E-state index contributed by atoms with van der Waals surface area (Å²) in [6.07, 6.45) is 2.13. The van der Waals surface area contributed by atoms with E-state index in [0.29, 0.717) is 5.56 Å². The van der Waals surface area contributed by atoms with Crippen molar-refractivity contribution in [2.45, 2.75) is 51.5 Å². The van der Waals surface area contributed by atoms with Crippen molar-refractivity contribution in [1.82, 2.24) is 0 Å². The topological polar surface area (TPSA) is 43.4 Å². The van der Waals surface area contributed by atoms with Crippen LogP contribution in [0.3, 0.4) is 0 Å². The maximum atomic E-state index is 11.4. The third-order valence-corrected chi connectivity index (χ3v) is 4.44. The van der Waals surface area contributed by atoms with Gasteiger partial charge in [0.15, 0.2) is 0 Å². The molecule has 102 valence electrons. The van der Waals surface area contributed by atoms with Gasteiger partial charge in [-0.25, -0.2) is 8.42 Å². The van der Waals surface area contributed by atoms with Crippen LogP contribution in [0.15, 0.2) is 17.0 Å². The van der Waals surface area contributed by atoms with Gasteiger partial charge in [0.1, 0.15) is 5.75 Å². The molecule has 3 nitrogen and oxygen atoms in total. The van der Waals surface area contributed by atoms with E-state index in [0.717, 1.165) is 24.2 Å². The van der Waals surface area contributed by atoms with E-state index in [4.69, 9.17) is 15.4 Å². The van der Waals surface area contributed by atoms with Crippen LogP contribution in [0.2, 0.25) is 0 Å². The van der Waals surface area contributed by atoms with Crippen molar-refractivity contribution in [3.8, 4) is 5.75 Å². The summed E-state index contributed by atoms with van der Waals surface area (Å²) < 4.78 is 28.5. The molecule has 0 aliphatic heterocycles. The second-order valence-electron chi connectivity index (χ2n) is 4.47. The van der Waals surface area contributed by atoms with Crippen LogP contribution in [0.4, 0.5) is 0 Å². The molecule has 1 aromatic rings. The summed E-state index contributed by atoms with van der Waals surface area (Å²) in [6.45, 7) is 7.68. The number of hydrogen-bond donors (Lipinski definition) is 0. The van der Waals surface area contributed by atoms with Gasteiger partial charge in [-0.2, -0.15) is 0 Å². The summed E-state index contributed by atoms with van der Waals surface area (Å²) in [4.78, 5) is 0.150. The predicted octanol–water partition coefficient (Wildman–Crippen LogP) is 3.80. The third kappa shape index (κ3) is 3.62. The molecule has 1 atom stereocenters. The lowest BCUT2D eigenvalue weighted by Crippen LogP contribution is -2.12. The first kappa shape index (κ1) is 15.3. The Morgan fingerprint density at radius 1 is 1.28 bits per heavy atom. The van der Waals surface area contributed by atoms with E-state index in [9.17, 15) is 8.42 Å². The molecular formula is C13H19ClO3S. The Hall–Kier alpha value is -0.740. The SMILES string of the molecule is CCCC(C)Oc1ccc(S(=O)(=O)Cl)c(C)c1C. The van der Waals surface area contributed by atoms with E-state index in [1.807, 2.05) is 13.8 Å². The average Bonchev–Trinajstić information content (AvgIpc) is 2.23. The minimum atomic E-state index is -3.69. The molecule has 0 aromatic heterocycles. The minimum Gasteiger partial charge on any atom is -0.490 e. The van der Waals surface area contributed by atoms with Gasteiger partial charge in [-0.3, -0.25) is 0 Å². The second-order valence-corrected chi connectivity index (χ2v) is 7.00. The standard InChI is InChI=1S/C13H19ClO3S/c1-5-6-9(2)17-12-7-8-13(18(14,15)16)11(4)10(12)3/h7-9H,5-6H2,1-4H3. The molecule has 0 radical (unpaired) electrons. The second kappa shape index (κ2) is 5.93. The molecule has 18 heavy (non-hydrogen) atoms. The maximum absolute atomic E-state index is 11.4. The van der Waals surface area contributed by atoms with Gasteiger partial charge in [-0.1, -0.05) is 13.3 Å². The Morgan fingerprint density at radius 2 is 1.89 bits per heavy atom. The summed E-state index contributed by atoms with van der Waals surface area (Å²) in [6, 6.07) is 3.17. The number of benzene rings is 1. The van der Waals surface area contributed by atoms with Gasteiger partial charge in [0.05, 0.1) is 11.0 Å². The van der Waals surface area contributed by atoms with Crippen molar-refractivity contribution in [1.29, 1.82) is 0 Å². The van der Waals surface area contributed by atoms with E-state index in [-0.39, 0.29) is 11.0 Å². The lowest BCUT2D eigenvalue weighted by Gasteiger charge is -2.17. The first-order valence-electron chi connectivity index (χ1n) is 5.98. The molecule has 0 saturated heterocycles. The molecule has 0 bridgehead atoms. The van der Waals surface area contributed by atoms with E-state index in [2.05, 4.69) is 6.92 Å². The Morgan fingerprint density at radius 3 is 2.39 bits per heavy atom. The summed E-state index contributed by atoms with van der Waals surface area (Å²) >= 11 is 0. The zero-order valence-electron chi connectivity index (χ0n) is 11.2. The summed E-state index contributed by atoms with van der Waals surface area (Å²) in [7, 11) is 1.68. The molecular weight excluding hydrogens is 272 g/mol. The van der Waals surface area contributed by atoms with Crippen molar-refractivity contribution in [2.24, 2.45) is 0 Å². The van der Waals surface area contributed by atoms with E-state index < -0.39 is 9.05 Å². The molecule has 0 N–H and O–H groups in total. The molecule has 0 aliphatic rings. The summed E-state index contributed by atoms with van der Waals surface area (Å²) in [5, 5.41) is 0. The van der Waals surface area contributed by atoms with Crippen LogP contribution in [0.25, 0.3) is 0 Å². The fourth-order valence-electron chi connectivity index (χ4n) is 1.84. The zero-order chi connectivity index (χ0) is 13.9. The molecule has 0 spiro atoms. The Bertz CT molecular complexity index is 523. The van der Waals surface area contributed by atoms with Gasteiger partial charge in [0.2, 0.25) is 0 Å². The third-order valence-electron chi connectivity index (χ3n) is 2.97. The molecule has 1 rings (SSSR count). The van der Waals surface area contributed by atoms with Crippen LogP contribution in [0, 0.1) is 13.8 Å². The van der Waals surface area contributed by atoms with Crippen molar-refractivity contribution in [3.63, 3.8) is 0 Å². The Labute approximate surface area is 114 Å². The molecule has 1 unspecified atom stereocenters. The van der Waals surface area contributed by atoms with Gasteiger partial charge < -0.3 is 4.74 Å². The highest BCUT2D eigenvalue weighted by Gasteiger charge is 2.17. The molecule has 0 heterocycles. The fraction of sp³-hybridized carbons (Fsp3) is 0.538. The molecule has 0 fully saturated rings. The van der Waals surface area contributed by atoms with Crippen LogP contribution in [-0.4, -0.2) is 14.5 Å². The van der Waals surface area contributed by atoms with Crippen molar-refractivity contribution in [3.05, 3.63) is 23.3 Å². The average molecular weight is 291 g/mol. The maximum Gasteiger partial charge on any atom is 0.261 e. The largest absolute Gasteiger partial charge is 0.490 e. The molecule has 0 saturated carbocycles. The van der Waals surface area contributed by atoms with E-state index >= 15 is 0 Å². The summed E-state index contributed by atoms with van der Waals surface area (Å²) in [5.41, 5.74) is 1.46. The highest BCUT2D eigenvalue weighted by Crippen LogP contribution is 2.29. The minimum absolute atomic E-state index is 0.117. The lowest BCUT2D eigenvalue weighted by molar-refractivity contribution is 0.208. The Kier molecular flexibility index (Phi) is 5.05. The van der Waals surface area contributed by atoms with Gasteiger partial charge >= 0.3 is 0 Å². The normalized spacial score (nSPS) is 13.4.